The summed E-state index contributed by atoms with van der Waals surface area (Å²) in [5.41, 5.74) is 1.79. The maximum Gasteiger partial charge on any atom is 0.233 e. The van der Waals surface area contributed by atoms with Crippen molar-refractivity contribution in [3.8, 4) is 17.2 Å². The molecule has 0 aliphatic rings. The van der Waals surface area contributed by atoms with Crippen LogP contribution in [0.15, 0.2) is 53.9 Å². The molecule has 0 unspecified atom stereocenters. The number of hydrogen-bond donors (Lipinski definition) is 0. The molecule has 0 atom stereocenters. The molecule has 1 amide bonds. The number of thioether (sulfide) groups is 1. The number of ether oxygens (including phenoxy) is 2. The van der Waals surface area contributed by atoms with E-state index in [1.165, 1.54) is 11.8 Å². The summed E-state index contributed by atoms with van der Waals surface area (Å²) in [5, 5.41) is 9.31. The van der Waals surface area contributed by atoms with Gasteiger partial charge in [-0.1, -0.05) is 35.5 Å². The van der Waals surface area contributed by atoms with Gasteiger partial charge in [-0.25, -0.2) is 0 Å². The molecule has 2 aromatic carbocycles. The molecule has 7 nitrogen and oxygen atoms in total. The van der Waals surface area contributed by atoms with E-state index in [0.717, 1.165) is 11.3 Å². The second-order valence-electron chi connectivity index (χ2n) is 6.19. The summed E-state index contributed by atoms with van der Waals surface area (Å²) < 4.78 is 12.4. The van der Waals surface area contributed by atoms with Crippen LogP contribution in [0.4, 0.5) is 0 Å². The van der Waals surface area contributed by atoms with Crippen LogP contribution in [0.5, 0.6) is 11.5 Å². The lowest BCUT2D eigenvalue weighted by atomic mass is 10.2. The fourth-order valence-corrected chi connectivity index (χ4v) is 3.76. The lowest BCUT2D eigenvalue weighted by Crippen LogP contribution is -2.27. The Morgan fingerprint density at radius 1 is 1.17 bits per heavy atom. The van der Waals surface area contributed by atoms with E-state index in [1.807, 2.05) is 36.4 Å². The van der Waals surface area contributed by atoms with Gasteiger partial charge in [-0.2, -0.15) is 0 Å². The Morgan fingerprint density at radius 3 is 2.69 bits per heavy atom. The first-order valence-electron chi connectivity index (χ1n) is 8.75. The lowest BCUT2D eigenvalue weighted by Gasteiger charge is -2.18. The molecule has 0 spiro atoms. The third kappa shape index (κ3) is 5.21. The van der Waals surface area contributed by atoms with Crippen molar-refractivity contribution in [3.63, 3.8) is 0 Å². The first-order chi connectivity index (χ1) is 14.0. The second-order valence-corrected chi connectivity index (χ2v) is 7.57. The van der Waals surface area contributed by atoms with Crippen LogP contribution in [0.25, 0.3) is 5.69 Å². The zero-order valence-corrected chi connectivity index (χ0v) is 17.9. The van der Waals surface area contributed by atoms with E-state index in [0.29, 0.717) is 28.2 Å². The molecule has 152 valence electrons. The van der Waals surface area contributed by atoms with Crippen LogP contribution in [0.2, 0.25) is 5.02 Å². The van der Waals surface area contributed by atoms with Crippen molar-refractivity contribution in [1.82, 2.24) is 19.7 Å². The number of nitrogens with zero attached hydrogens (tertiary/aromatic N) is 4. The van der Waals surface area contributed by atoms with Gasteiger partial charge in [-0.3, -0.25) is 9.36 Å². The van der Waals surface area contributed by atoms with Crippen LogP contribution in [0.1, 0.15) is 5.56 Å². The van der Waals surface area contributed by atoms with E-state index in [4.69, 9.17) is 21.1 Å². The Balaban J connectivity index is 1.62. The molecule has 1 heterocycles. The Hall–Kier alpha value is -2.71. The Morgan fingerprint density at radius 2 is 1.97 bits per heavy atom. The number of carbonyl (C=O) groups is 1. The molecule has 0 N–H and O–H groups in total. The maximum atomic E-state index is 12.6. The number of amides is 1. The first-order valence-corrected chi connectivity index (χ1v) is 10.1. The number of aromatic nitrogens is 3. The van der Waals surface area contributed by atoms with Crippen LogP contribution >= 0.6 is 23.4 Å². The number of methoxy groups -OCH3 is 2. The number of hydrogen-bond acceptors (Lipinski definition) is 6. The molecule has 0 aliphatic carbocycles. The average molecular weight is 433 g/mol. The van der Waals surface area contributed by atoms with E-state index in [1.54, 1.807) is 43.1 Å². The fourth-order valence-electron chi connectivity index (χ4n) is 2.70. The Labute approximate surface area is 178 Å². The minimum absolute atomic E-state index is 0.0228. The summed E-state index contributed by atoms with van der Waals surface area (Å²) in [6, 6.07) is 13.0. The minimum atomic E-state index is -0.0228. The van der Waals surface area contributed by atoms with Crippen molar-refractivity contribution < 1.29 is 14.3 Å². The number of rotatable bonds is 8. The van der Waals surface area contributed by atoms with Gasteiger partial charge in [0.05, 0.1) is 25.7 Å². The highest BCUT2D eigenvalue weighted by atomic mass is 35.5. The van der Waals surface area contributed by atoms with E-state index in [9.17, 15) is 4.79 Å². The third-order valence-corrected chi connectivity index (χ3v) is 5.38. The van der Waals surface area contributed by atoms with Gasteiger partial charge in [0.2, 0.25) is 5.91 Å². The lowest BCUT2D eigenvalue weighted by molar-refractivity contribution is -0.127. The standard InChI is InChI=1S/C20H21ClN4O3S/c1-24(11-14-7-8-17(27-2)18(9-14)28-3)19(26)12-29-20-23-22-13-25(20)16-6-4-5-15(21)10-16/h4-10,13H,11-12H2,1-3H3. The topological polar surface area (TPSA) is 69.5 Å². The molecule has 3 aromatic rings. The van der Waals surface area contributed by atoms with E-state index in [-0.39, 0.29) is 11.7 Å². The largest absolute Gasteiger partial charge is 0.493 e. The molecule has 0 fully saturated rings. The summed E-state index contributed by atoms with van der Waals surface area (Å²) in [6.45, 7) is 0.459. The van der Waals surface area contributed by atoms with Gasteiger partial charge >= 0.3 is 0 Å². The molecule has 0 aliphatic heterocycles. The van der Waals surface area contributed by atoms with Crippen molar-refractivity contribution in [3.05, 3.63) is 59.4 Å². The first kappa shape index (κ1) is 21.0. The average Bonchev–Trinajstić information content (AvgIpc) is 3.20. The minimum Gasteiger partial charge on any atom is -0.493 e. The Bertz CT molecular complexity index is 995. The summed E-state index contributed by atoms with van der Waals surface area (Å²) >= 11 is 7.39. The van der Waals surface area contributed by atoms with E-state index in [2.05, 4.69) is 10.2 Å². The van der Waals surface area contributed by atoms with Gasteiger partial charge in [-0.05, 0) is 35.9 Å². The Kier molecular flexibility index (Phi) is 7.00. The highest BCUT2D eigenvalue weighted by Crippen LogP contribution is 2.28. The van der Waals surface area contributed by atoms with E-state index >= 15 is 0 Å². The van der Waals surface area contributed by atoms with Crippen LogP contribution in [0.3, 0.4) is 0 Å². The summed E-state index contributed by atoms with van der Waals surface area (Å²) in [4.78, 5) is 14.3. The molecule has 0 saturated carbocycles. The smallest absolute Gasteiger partial charge is 0.233 e. The van der Waals surface area contributed by atoms with Gasteiger partial charge in [0.15, 0.2) is 16.7 Å². The van der Waals surface area contributed by atoms with Crippen molar-refractivity contribution in [2.24, 2.45) is 0 Å². The number of carbonyl (C=O) groups excluding carboxylic acids is 1. The molecule has 0 bridgehead atoms. The van der Waals surface area contributed by atoms with Crippen LogP contribution in [-0.2, 0) is 11.3 Å². The third-order valence-electron chi connectivity index (χ3n) is 4.22. The van der Waals surface area contributed by atoms with Gasteiger partial charge in [0, 0.05) is 18.6 Å². The SMILES string of the molecule is COc1ccc(CN(C)C(=O)CSc2nncn2-c2cccc(Cl)c2)cc1OC. The van der Waals surface area contributed by atoms with Crippen LogP contribution < -0.4 is 9.47 Å². The van der Waals surface area contributed by atoms with Crippen molar-refractivity contribution in [2.75, 3.05) is 27.0 Å². The van der Waals surface area contributed by atoms with Gasteiger partial charge in [-0.15, -0.1) is 10.2 Å². The van der Waals surface area contributed by atoms with Gasteiger partial charge in [0.25, 0.3) is 0 Å². The molecule has 0 saturated heterocycles. The predicted molar refractivity (Wildman–Crippen MR) is 113 cm³/mol. The van der Waals surface area contributed by atoms with Gasteiger partial charge < -0.3 is 14.4 Å². The molecule has 3 rings (SSSR count). The van der Waals surface area contributed by atoms with E-state index < -0.39 is 0 Å². The predicted octanol–water partition coefficient (Wildman–Crippen LogP) is 3.69. The maximum absolute atomic E-state index is 12.6. The molecular formula is C20H21ClN4O3S. The number of benzene rings is 2. The zero-order chi connectivity index (χ0) is 20.8. The second kappa shape index (κ2) is 9.67. The highest BCUT2D eigenvalue weighted by molar-refractivity contribution is 7.99. The van der Waals surface area contributed by atoms with Crippen molar-refractivity contribution in [1.29, 1.82) is 0 Å². The fraction of sp³-hybridized carbons (Fsp3) is 0.250. The van der Waals surface area contributed by atoms with Crippen LogP contribution in [-0.4, -0.2) is 52.6 Å². The van der Waals surface area contributed by atoms with Gasteiger partial charge in [0.1, 0.15) is 6.33 Å². The van der Waals surface area contributed by atoms with Crippen LogP contribution in [0, 0.1) is 0 Å². The molecule has 0 radical (unpaired) electrons. The molecular weight excluding hydrogens is 412 g/mol. The summed E-state index contributed by atoms with van der Waals surface area (Å²) in [6.07, 6.45) is 1.60. The molecule has 1 aromatic heterocycles. The zero-order valence-electron chi connectivity index (χ0n) is 16.3. The number of halogens is 1. The highest BCUT2D eigenvalue weighted by Gasteiger charge is 2.15. The summed E-state index contributed by atoms with van der Waals surface area (Å²) in [5.74, 6) is 1.50. The molecule has 9 heteroatoms. The van der Waals surface area contributed by atoms with Crippen molar-refractivity contribution in [2.45, 2.75) is 11.7 Å². The molecule has 29 heavy (non-hydrogen) atoms. The van der Waals surface area contributed by atoms with Crippen molar-refractivity contribution >= 4 is 29.3 Å². The quantitative estimate of drug-likeness (QED) is 0.505. The summed E-state index contributed by atoms with van der Waals surface area (Å²) in [7, 11) is 4.94. The monoisotopic (exact) mass is 432 g/mol. The normalized spacial score (nSPS) is 10.6.